The Labute approximate surface area is 108 Å². The van der Waals surface area contributed by atoms with Crippen molar-refractivity contribution in [2.75, 3.05) is 11.4 Å². The highest BCUT2D eigenvalue weighted by atomic mass is 32.2. The van der Waals surface area contributed by atoms with Gasteiger partial charge in [-0.05, 0) is 36.8 Å². The van der Waals surface area contributed by atoms with E-state index in [9.17, 15) is 8.42 Å². The Balaban J connectivity index is 2.44. The van der Waals surface area contributed by atoms with Gasteiger partial charge in [0.2, 0.25) is 0 Å². The summed E-state index contributed by atoms with van der Waals surface area (Å²) in [6.45, 7) is 3.74. The summed E-state index contributed by atoms with van der Waals surface area (Å²) in [5, 5.41) is 0. The first-order valence-corrected chi connectivity index (χ1v) is 6.92. The summed E-state index contributed by atoms with van der Waals surface area (Å²) in [7, 11) is -1.98. The van der Waals surface area contributed by atoms with Crippen LogP contribution < -0.4 is 4.31 Å². The maximum Gasteiger partial charge on any atom is 0.264 e. The number of para-hydroxylation sites is 1. The van der Waals surface area contributed by atoms with Crippen LogP contribution in [0.15, 0.2) is 59.5 Å². The van der Waals surface area contributed by atoms with E-state index >= 15 is 0 Å². The molecule has 18 heavy (non-hydrogen) atoms. The summed E-state index contributed by atoms with van der Waals surface area (Å²) >= 11 is 0. The smallest absolute Gasteiger partial charge is 0.264 e. The van der Waals surface area contributed by atoms with E-state index in [0.29, 0.717) is 11.3 Å². The average Bonchev–Trinajstić information content (AvgIpc) is 2.39. The fourth-order valence-corrected chi connectivity index (χ4v) is 2.91. The third-order valence-corrected chi connectivity index (χ3v) is 4.46. The van der Waals surface area contributed by atoms with Crippen molar-refractivity contribution in [3.63, 3.8) is 0 Å². The molecule has 2 aromatic rings. The van der Waals surface area contributed by atoms with Crippen molar-refractivity contribution in [2.45, 2.75) is 4.90 Å². The van der Waals surface area contributed by atoms with Crippen LogP contribution in [0, 0.1) is 6.92 Å². The molecule has 0 aliphatic carbocycles. The zero-order valence-electron chi connectivity index (χ0n) is 10.1. The van der Waals surface area contributed by atoms with E-state index in [-0.39, 0.29) is 4.90 Å². The van der Waals surface area contributed by atoms with Gasteiger partial charge in [-0.1, -0.05) is 30.3 Å². The van der Waals surface area contributed by atoms with Crippen molar-refractivity contribution < 1.29 is 8.42 Å². The van der Waals surface area contributed by atoms with Gasteiger partial charge in [-0.15, -0.1) is 0 Å². The summed E-state index contributed by atoms with van der Waals surface area (Å²) in [6, 6.07) is 15.6. The number of sulfonamides is 1. The van der Waals surface area contributed by atoms with Crippen LogP contribution in [0.3, 0.4) is 0 Å². The van der Waals surface area contributed by atoms with Gasteiger partial charge in [0, 0.05) is 7.05 Å². The molecule has 0 saturated heterocycles. The Morgan fingerprint density at radius 1 is 1.00 bits per heavy atom. The first-order valence-electron chi connectivity index (χ1n) is 5.48. The topological polar surface area (TPSA) is 37.4 Å². The lowest BCUT2D eigenvalue weighted by Crippen LogP contribution is -2.26. The van der Waals surface area contributed by atoms with Crippen LogP contribution in [-0.2, 0) is 10.0 Å². The number of rotatable bonds is 3. The lowest BCUT2D eigenvalue weighted by molar-refractivity contribution is 0.594. The van der Waals surface area contributed by atoms with Crippen molar-refractivity contribution in [1.82, 2.24) is 0 Å². The molecule has 3 nitrogen and oxygen atoms in total. The molecule has 2 aromatic carbocycles. The molecule has 0 fully saturated rings. The number of nitrogens with zero attached hydrogens (tertiary/aromatic N) is 1. The molecule has 0 aliphatic heterocycles. The molecule has 2 rings (SSSR count). The minimum atomic E-state index is -3.52. The predicted molar refractivity (Wildman–Crippen MR) is 72.9 cm³/mol. The summed E-state index contributed by atoms with van der Waals surface area (Å²) in [5.41, 5.74) is 1.31. The van der Waals surface area contributed by atoms with Crippen LogP contribution in [-0.4, -0.2) is 15.5 Å². The highest BCUT2D eigenvalue weighted by molar-refractivity contribution is 7.92. The van der Waals surface area contributed by atoms with Crippen LogP contribution in [0.5, 0.6) is 0 Å². The molecule has 0 unspecified atom stereocenters. The lowest BCUT2D eigenvalue weighted by atomic mass is 10.2. The van der Waals surface area contributed by atoms with E-state index < -0.39 is 10.0 Å². The molecule has 4 heteroatoms. The van der Waals surface area contributed by atoms with Gasteiger partial charge in [-0.25, -0.2) is 8.42 Å². The van der Waals surface area contributed by atoms with E-state index in [1.165, 1.54) is 4.31 Å². The molecule has 0 amide bonds. The number of benzene rings is 2. The van der Waals surface area contributed by atoms with Crippen LogP contribution in [0.4, 0.5) is 5.69 Å². The zero-order chi connectivity index (χ0) is 13.2. The average molecular weight is 260 g/mol. The van der Waals surface area contributed by atoms with E-state index in [1.54, 1.807) is 55.6 Å². The zero-order valence-corrected chi connectivity index (χ0v) is 10.9. The normalized spacial score (nSPS) is 11.2. The van der Waals surface area contributed by atoms with Gasteiger partial charge in [-0.2, -0.15) is 0 Å². The number of hydrogen-bond donors (Lipinski definition) is 0. The summed E-state index contributed by atoms with van der Waals surface area (Å²) in [5.74, 6) is 0. The maximum atomic E-state index is 12.4. The molecule has 0 aromatic heterocycles. The first kappa shape index (κ1) is 12.6. The van der Waals surface area contributed by atoms with Crippen molar-refractivity contribution in [2.24, 2.45) is 0 Å². The van der Waals surface area contributed by atoms with Crippen LogP contribution in [0.25, 0.3) is 0 Å². The van der Waals surface area contributed by atoms with Gasteiger partial charge in [0.25, 0.3) is 10.0 Å². The minimum Gasteiger partial charge on any atom is -0.269 e. The van der Waals surface area contributed by atoms with E-state index in [1.807, 2.05) is 6.07 Å². The summed E-state index contributed by atoms with van der Waals surface area (Å²) in [4.78, 5) is 0.251. The molecule has 0 saturated carbocycles. The van der Waals surface area contributed by atoms with E-state index in [2.05, 4.69) is 6.92 Å². The van der Waals surface area contributed by atoms with Gasteiger partial charge in [0.05, 0.1) is 10.6 Å². The molecule has 0 heterocycles. The lowest BCUT2D eigenvalue weighted by Gasteiger charge is -2.19. The second-order valence-corrected chi connectivity index (χ2v) is 5.92. The molecule has 0 aliphatic rings. The standard InChI is InChI=1S/C14H14NO2S/c1-12-7-6-10-14(11-12)18(16,17)15(2)13-8-4-3-5-9-13/h3-11H,1H2,2H3. The molecule has 93 valence electrons. The van der Waals surface area contributed by atoms with Gasteiger partial charge < -0.3 is 0 Å². The van der Waals surface area contributed by atoms with Gasteiger partial charge >= 0.3 is 0 Å². The molecule has 0 N–H and O–H groups in total. The Bertz CT molecular complexity index is 636. The van der Waals surface area contributed by atoms with Crippen LogP contribution in [0.2, 0.25) is 0 Å². The molecule has 0 bridgehead atoms. The fraction of sp³-hybridized carbons (Fsp3) is 0.0714. The third kappa shape index (κ3) is 2.38. The second kappa shape index (κ2) is 4.82. The highest BCUT2D eigenvalue weighted by Crippen LogP contribution is 2.21. The van der Waals surface area contributed by atoms with Gasteiger partial charge in [-0.3, -0.25) is 4.31 Å². The monoisotopic (exact) mass is 260 g/mol. The molecule has 0 spiro atoms. The second-order valence-electron chi connectivity index (χ2n) is 3.96. The number of hydrogen-bond acceptors (Lipinski definition) is 2. The van der Waals surface area contributed by atoms with Gasteiger partial charge in [0.1, 0.15) is 0 Å². The minimum absolute atomic E-state index is 0.251. The number of anilines is 1. The van der Waals surface area contributed by atoms with Crippen LogP contribution in [0.1, 0.15) is 5.56 Å². The molecule has 1 radical (unpaired) electrons. The van der Waals surface area contributed by atoms with Crippen molar-refractivity contribution >= 4 is 15.7 Å². The Morgan fingerprint density at radius 2 is 1.67 bits per heavy atom. The summed E-state index contributed by atoms with van der Waals surface area (Å²) in [6.07, 6.45) is 0. The fourth-order valence-electron chi connectivity index (χ4n) is 1.64. The van der Waals surface area contributed by atoms with Crippen LogP contribution >= 0.6 is 0 Å². The maximum absolute atomic E-state index is 12.4. The quantitative estimate of drug-likeness (QED) is 0.851. The Morgan fingerprint density at radius 3 is 2.28 bits per heavy atom. The SMILES string of the molecule is [CH2]c1cccc(S(=O)(=O)N(C)c2ccccc2)c1. The largest absolute Gasteiger partial charge is 0.269 e. The Kier molecular flexibility index (Phi) is 3.39. The van der Waals surface area contributed by atoms with E-state index in [0.717, 1.165) is 0 Å². The summed E-state index contributed by atoms with van der Waals surface area (Å²) < 4.78 is 26.0. The van der Waals surface area contributed by atoms with Crippen molar-refractivity contribution in [3.05, 3.63) is 67.1 Å². The van der Waals surface area contributed by atoms with E-state index in [4.69, 9.17) is 0 Å². The molecule has 0 atom stereocenters. The van der Waals surface area contributed by atoms with Crippen molar-refractivity contribution in [3.8, 4) is 0 Å². The Hall–Kier alpha value is -1.81. The predicted octanol–water partition coefficient (Wildman–Crippen LogP) is 2.69. The first-order chi connectivity index (χ1) is 8.51. The third-order valence-electron chi connectivity index (χ3n) is 2.68. The highest BCUT2D eigenvalue weighted by Gasteiger charge is 2.20. The van der Waals surface area contributed by atoms with Gasteiger partial charge in [0.15, 0.2) is 0 Å². The molecular weight excluding hydrogens is 246 g/mol. The molecular formula is C14H14NO2S. The van der Waals surface area contributed by atoms with Crippen molar-refractivity contribution in [1.29, 1.82) is 0 Å².